The Morgan fingerprint density at radius 1 is 0.519 bits per heavy atom. The first-order valence-electron chi connectivity index (χ1n) is 9.52. The standard InChI is InChI=1S/C26H24Si/c1-22-13-11-12-20-26(22)27(24-16-7-3-8-17-24,25-18-9-4-10-19-25)21-23-14-5-2-6-15-23/h2-20H,21H2,1H3. The maximum absolute atomic E-state index is 2.35. The maximum Gasteiger partial charge on any atom is 0.152 e. The van der Waals surface area contributed by atoms with Crippen LogP contribution in [0.25, 0.3) is 0 Å². The molecule has 4 rings (SSSR count). The predicted octanol–water partition coefficient (Wildman–Crippen LogP) is 4.25. The van der Waals surface area contributed by atoms with Gasteiger partial charge in [0.2, 0.25) is 0 Å². The molecule has 4 aromatic rings. The van der Waals surface area contributed by atoms with Gasteiger partial charge in [0, 0.05) is 0 Å². The van der Waals surface area contributed by atoms with E-state index in [4.69, 9.17) is 0 Å². The summed E-state index contributed by atoms with van der Waals surface area (Å²) in [5.74, 6) is 0. The van der Waals surface area contributed by atoms with Crippen LogP contribution in [-0.4, -0.2) is 8.07 Å². The molecule has 0 amide bonds. The van der Waals surface area contributed by atoms with E-state index in [-0.39, 0.29) is 0 Å². The molecule has 4 aromatic carbocycles. The van der Waals surface area contributed by atoms with Crippen molar-refractivity contribution in [3.63, 3.8) is 0 Å². The van der Waals surface area contributed by atoms with E-state index in [1.165, 1.54) is 26.7 Å². The largest absolute Gasteiger partial charge is 0.152 e. The van der Waals surface area contributed by atoms with Crippen molar-refractivity contribution in [2.45, 2.75) is 13.0 Å². The van der Waals surface area contributed by atoms with Crippen molar-refractivity contribution < 1.29 is 0 Å². The molecule has 0 aromatic heterocycles. The van der Waals surface area contributed by atoms with Crippen LogP contribution in [0.1, 0.15) is 11.1 Å². The molecule has 0 saturated carbocycles. The molecule has 0 fully saturated rings. The first-order chi connectivity index (χ1) is 13.3. The topological polar surface area (TPSA) is 0 Å². The maximum atomic E-state index is 2.35. The molecule has 0 N–H and O–H groups in total. The highest BCUT2D eigenvalue weighted by molar-refractivity contribution is 7.11. The van der Waals surface area contributed by atoms with Gasteiger partial charge in [0.15, 0.2) is 8.07 Å². The summed E-state index contributed by atoms with van der Waals surface area (Å²) in [6.45, 7) is 2.26. The molecule has 0 aliphatic rings. The Morgan fingerprint density at radius 3 is 1.48 bits per heavy atom. The van der Waals surface area contributed by atoms with Crippen LogP contribution < -0.4 is 15.6 Å². The van der Waals surface area contributed by atoms with Gasteiger partial charge in [-0.25, -0.2) is 0 Å². The van der Waals surface area contributed by atoms with Gasteiger partial charge >= 0.3 is 0 Å². The van der Waals surface area contributed by atoms with Crippen molar-refractivity contribution >= 4 is 23.6 Å². The third-order valence-corrected chi connectivity index (χ3v) is 10.5. The van der Waals surface area contributed by atoms with Crippen LogP contribution in [0.4, 0.5) is 0 Å². The molecule has 0 bridgehead atoms. The number of rotatable bonds is 5. The molecule has 0 nitrogen and oxygen atoms in total. The van der Waals surface area contributed by atoms with E-state index in [0.29, 0.717) is 0 Å². The summed E-state index contributed by atoms with van der Waals surface area (Å²) in [6.07, 6.45) is 0. The van der Waals surface area contributed by atoms with Gasteiger partial charge in [0.1, 0.15) is 0 Å². The molecule has 0 atom stereocenters. The van der Waals surface area contributed by atoms with E-state index in [9.17, 15) is 0 Å². The van der Waals surface area contributed by atoms with Gasteiger partial charge in [0.05, 0.1) is 0 Å². The monoisotopic (exact) mass is 364 g/mol. The summed E-state index contributed by atoms with van der Waals surface area (Å²) >= 11 is 0. The second kappa shape index (κ2) is 7.77. The molecule has 0 heterocycles. The molecule has 0 aliphatic carbocycles. The van der Waals surface area contributed by atoms with Gasteiger partial charge < -0.3 is 0 Å². The highest BCUT2D eigenvalue weighted by Crippen LogP contribution is 2.16. The van der Waals surface area contributed by atoms with Crippen LogP contribution in [0.3, 0.4) is 0 Å². The molecule has 0 radical (unpaired) electrons. The van der Waals surface area contributed by atoms with Crippen molar-refractivity contribution in [3.8, 4) is 0 Å². The average molecular weight is 365 g/mol. The lowest BCUT2D eigenvalue weighted by Crippen LogP contribution is -2.69. The molecule has 0 unspecified atom stereocenters. The normalized spacial score (nSPS) is 11.3. The minimum Gasteiger partial charge on any atom is -0.0624 e. The van der Waals surface area contributed by atoms with Gasteiger partial charge in [0.25, 0.3) is 0 Å². The van der Waals surface area contributed by atoms with Crippen LogP contribution in [0.2, 0.25) is 0 Å². The smallest absolute Gasteiger partial charge is 0.0624 e. The minimum atomic E-state index is -2.21. The van der Waals surface area contributed by atoms with Crippen LogP contribution >= 0.6 is 0 Å². The van der Waals surface area contributed by atoms with Gasteiger partial charge in [-0.2, -0.15) is 0 Å². The van der Waals surface area contributed by atoms with Gasteiger partial charge in [-0.15, -0.1) is 0 Å². The Kier molecular flexibility index (Phi) is 5.04. The molecule has 0 spiro atoms. The highest BCUT2D eigenvalue weighted by atomic mass is 28.3. The van der Waals surface area contributed by atoms with Gasteiger partial charge in [-0.05, 0) is 34.1 Å². The van der Waals surface area contributed by atoms with Crippen molar-refractivity contribution in [3.05, 3.63) is 126 Å². The van der Waals surface area contributed by atoms with E-state index >= 15 is 0 Å². The Balaban J connectivity index is 2.04. The van der Waals surface area contributed by atoms with E-state index < -0.39 is 8.07 Å². The molecular weight excluding hydrogens is 340 g/mol. The van der Waals surface area contributed by atoms with Gasteiger partial charge in [-0.3, -0.25) is 0 Å². The summed E-state index contributed by atoms with van der Waals surface area (Å²) in [6, 6.07) is 43.3. The first-order valence-corrected chi connectivity index (χ1v) is 11.7. The number of aryl methyl sites for hydroxylation is 1. The molecule has 27 heavy (non-hydrogen) atoms. The fraction of sp³-hybridized carbons (Fsp3) is 0.0769. The lowest BCUT2D eigenvalue weighted by atomic mass is 10.2. The minimum absolute atomic E-state index is 1.06. The van der Waals surface area contributed by atoms with E-state index in [1.807, 2.05) is 0 Å². The summed E-state index contributed by atoms with van der Waals surface area (Å²) in [5.41, 5.74) is 2.79. The Morgan fingerprint density at radius 2 is 0.963 bits per heavy atom. The summed E-state index contributed by atoms with van der Waals surface area (Å²) in [4.78, 5) is 0. The van der Waals surface area contributed by atoms with Crippen LogP contribution in [0.5, 0.6) is 0 Å². The Labute approximate surface area is 163 Å². The van der Waals surface area contributed by atoms with E-state index in [2.05, 4.69) is 122 Å². The van der Waals surface area contributed by atoms with Crippen LogP contribution in [0, 0.1) is 6.92 Å². The predicted molar refractivity (Wildman–Crippen MR) is 119 cm³/mol. The summed E-state index contributed by atoms with van der Waals surface area (Å²) in [7, 11) is -2.21. The van der Waals surface area contributed by atoms with E-state index in [0.717, 1.165) is 6.04 Å². The molecule has 132 valence electrons. The number of benzene rings is 4. The Bertz CT molecular complexity index is 952. The third kappa shape index (κ3) is 3.39. The Hall–Kier alpha value is -2.90. The molecule has 0 saturated heterocycles. The second-order valence-corrected chi connectivity index (χ2v) is 11.0. The highest BCUT2D eigenvalue weighted by Gasteiger charge is 2.40. The summed E-state index contributed by atoms with van der Waals surface area (Å²) in [5, 5.41) is 4.44. The fourth-order valence-corrected chi connectivity index (χ4v) is 9.24. The van der Waals surface area contributed by atoms with Crippen LogP contribution in [0.15, 0.2) is 115 Å². The zero-order chi connectivity index (χ0) is 18.5. The van der Waals surface area contributed by atoms with Crippen molar-refractivity contribution in [2.24, 2.45) is 0 Å². The fourth-order valence-electron chi connectivity index (χ4n) is 4.18. The third-order valence-electron chi connectivity index (χ3n) is 5.45. The SMILES string of the molecule is Cc1ccccc1[Si](Cc1ccccc1)(c1ccccc1)c1ccccc1. The lowest BCUT2D eigenvalue weighted by Gasteiger charge is -2.35. The second-order valence-electron chi connectivity index (χ2n) is 7.11. The van der Waals surface area contributed by atoms with Crippen LogP contribution in [-0.2, 0) is 6.04 Å². The lowest BCUT2D eigenvalue weighted by molar-refractivity contribution is 1.34. The van der Waals surface area contributed by atoms with E-state index in [1.54, 1.807) is 0 Å². The quantitative estimate of drug-likeness (QED) is 0.367. The number of hydrogen-bond donors (Lipinski definition) is 0. The van der Waals surface area contributed by atoms with Gasteiger partial charge in [-0.1, -0.05) is 121 Å². The zero-order valence-corrected chi connectivity index (χ0v) is 16.7. The number of hydrogen-bond acceptors (Lipinski definition) is 0. The zero-order valence-electron chi connectivity index (χ0n) is 15.7. The molecular formula is C26H24Si. The van der Waals surface area contributed by atoms with Crippen molar-refractivity contribution in [1.82, 2.24) is 0 Å². The average Bonchev–Trinajstić information content (AvgIpc) is 2.75. The summed E-state index contributed by atoms with van der Waals surface area (Å²) < 4.78 is 0. The molecule has 1 heteroatoms. The molecule has 0 aliphatic heterocycles. The first kappa shape index (κ1) is 17.5. The van der Waals surface area contributed by atoms with Crippen molar-refractivity contribution in [2.75, 3.05) is 0 Å². The van der Waals surface area contributed by atoms with Crippen molar-refractivity contribution in [1.29, 1.82) is 0 Å².